The number of rotatable bonds is 4. The Kier molecular flexibility index (Phi) is 5.88. The average Bonchev–Trinajstić information content (AvgIpc) is 1.85. The van der Waals surface area contributed by atoms with Crippen molar-refractivity contribution in [1.29, 1.82) is 0 Å². The molecule has 0 aliphatic heterocycles. The zero-order valence-electron chi connectivity index (χ0n) is 5.37. The fourth-order valence-corrected chi connectivity index (χ4v) is 1.18. The molecule has 0 N–H and O–H groups in total. The maximum atomic E-state index is 5.02. The zero-order valence-corrected chi connectivity index (χ0v) is 7.00. The molecule has 0 aliphatic rings. The summed E-state index contributed by atoms with van der Waals surface area (Å²) in [6.07, 6.45) is 5.19. The van der Waals surface area contributed by atoms with E-state index < -0.39 is 9.74 Å². The summed E-state index contributed by atoms with van der Waals surface area (Å²) in [7, 11) is -0.391. The van der Waals surface area contributed by atoms with E-state index in [1.165, 1.54) is 0 Å². The second-order valence-electron chi connectivity index (χ2n) is 1.32. The van der Waals surface area contributed by atoms with Crippen molar-refractivity contribution >= 4 is 20.9 Å². The second kappa shape index (κ2) is 5.98. The van der Waals surface area contributed by atoms with Gasteiger partial charge in [-0.3, -0.25) is 0 Å². The van der Waals surface area contributed by atoms with Crippen LogP contribution in [0, 0.1) is 0 Å². The minimum absolute atomic E-state index is 0.391. The third-order valence-electron chi connectivity index (χ3n) is 0.553. The van der Waals surface area contributed by atoms with E-state index in [4.69, 9.17) is 15.4 Å². The van der Waals surface area contributed by atoms with Crippen LogP contribution in [0.25, 0.3) is 0 Å². The molecule has 0 aromatic heterocycles. The molecular formula is C6H10OS2. The molecule has 0 aromatic carbocycles. The van der Waals surface area contributed by atoms with Crippen molar-refractivity contribution in [3.05, 3.63) is 25.0 Å². The van der Waals surface area contributed by atoms with Gasteiger partial charge in [-0.2, -0.15) is 0 Å². The Labute approximate surface area is 63.2 Å². The number of hydrogen-bond acceptors (Lipinski definition) is 2. The van der Waals surface area contributed by atoms with Gasteiger partial charge in [0, 0.05) is 0 Å². The lowest BCUT2D eigenvalue weighted by Gasteiger charge is -1.96. The van der Waals surface area contributed by atoms with E-state index in [1.54, 1.807) is 12.3 Å². The molecule has 0 rings (SSSR count). The van der Waals surface area contributed by atoms with Crippen LogP contribution in [0.5, 0.6) is 0 Å². The minimum Gasteiger partial charge on any atom is -0.432 e. The molecule has 0 saturated carbocycles. The summed E-state index contributed by atoms with van der Waals surface area (Å²) < 4.78 is 5.02. The molecule has 9 heavy (non-hydrogen) atoms. The Morgan fingerprint density at radius 1 is 1.78 bits per heavy atom. The predicted molar refractivity (Wildman–Crippen MR) is 45.7 cm³/mol. The molecule has 3 heteroatoms. The highest BCUT2D eigenvalue weighted by atomic mass is 32.8. The lowest BCUT2D eigenvalue weighted by Crippen LogP contribution is -1.91. The summed E-state index contributed by atoms with van der Waals surface area (Å²) in [5.74, 6) is 0.750. The van der Waals surface area contributed by atoms with Crippen LogP contribution >= 0.6 is 0 Å². The van der Waals surface area contributed by atoms with Gasteiger partial charge in [-0.05, 0) is 18.1 Å². The maximum absolute atomic E-state index is 5.02. The molecule has 0 bridgehead atoms. The van der Waals surface area contributed by atoms with E-state index in [9.17, 15) is 0 Å². The lowest BCUT2D eigenvalue weighted by molar-refractivity contribution is 0.560. The van der Waals surface area contributed by atoms with Gasteiger partial charge >= 0.3 is 0 Å². The van der Waals surface area contributed by atoms with E-state index in [2.05, 4.69) is 6.58 Å². The van der Waals surface area contributed by atoms with Gasteiger partial charge in [0.25, 0.3) is 0 Å². The molecule has 0 aliphatic carbocycles. The van der Waals surface area contributed by atoms with Crippen LogP contribution in [0.4, 0.5) is 0 Å². The molecule has 0 heterocycles. The van der Waals surface area contributed by atoms with E-state index in [0.717, 1.165) is 5.75 Å². The van der Waals surface area contributed by atoms with Crippen LogP contribution in [0.1, 0.15) is 6.92 Å². The highest BCUT2D eigenvalue weighted by molar-refractivity contribution is 8.26. The van der Waals surface area contributed by atoms with Crippen molar-refractivity contribution in [3.63, 3.8) is 0 Å². The third-order valence-corrected chi connectivity index (χ3v) is 2.03. The zero-order chi connectivity index (χ0) is 7.11. The van der Waals surface area contributed by atoms with Crippen molar-refractivity contribution in [2.24, 2.45) is 0 Å². The predicted octanol–water partition coefficient (Wildman–Crippen LogP) is 1.72. The largest absolute Gasteiger partial charge is 0.432 e. The first-order valence-corrected chi connectivity index (χ1v) is 4.83. The van der Waals surface area contributed by atoms with Gasteiger partial charge in [0.05, 0.1) is 21.8 Å². The van der Waals surface area contributed by atoms with Gasteiger partial charge in [0.15, 0.2) is 0 Å². The standard InChI is InChI=1S/C6H10OS2/c1-3-5-7-9(8)6-4-2/h3-5H,2,6H2,1H3/b5-3+. The van der Waals surface area contributed by atoms with E-state index >= 15 is 0 Å². The number of allylic oxidation sites excluding steroid dienone is 1. The summed E-state index contributed by atoms with van der Waals surface area (Å²) in [4.78, 5) is 0. The molecule has 1 nitrogen and oxygen atoms in total. The molecular weight excluding hydrogens is 152 g/mol. The molecule has 0 amide bonds. The first-order chi connectivity index (χ1) is 4.31. The molecule has 1 unspecified atom stereocenters. The fourth-order valence-electron chi connectivity index (χ4n) is 0.253. The Hall–Kier alpha value is -0.150. The smallest absolute Gasteiger partial charge is 0.0970 e. The van der Waals surface area contributed by atoms with Crippen LogP contribution in [0.2, 0.25) is 0 Å². The number of hydrogen-bond donors (Lipinski definition) is 0. The molecule has 0 spiro atoms. The van der Waals surface area contributed by atoms with Gasteiger partial charge in [0.1, 0.15) is 0 Å². The van der Waals surface area contributed by atoms with Crippen LogP contribution in [-0.4, -0.2) is 5.75 Å². The highest BCUT2D eigenvalue weighted by Gasteiger charge is 1.84. The monoisotopic (exact) mass is 162 g/mol. The average molecular weight is 162 g/mol. The van der Waals surface area contributed by atoms with Crippen LogP contribution in [0.3, 0.4) is 0 Å². The molecule has 0 saturated heterocycles. The van der Waals surface area contributed by atoms with E-state index in [1.807, 2.05) is 13.0 Å². The van der Waals surface area contributed by atoms with Gasteiger partial charge in [-0.1, -0.05) is 12.2 Å². The summed E-state index contributed by atoms with van der Waals surface area (Å²) in [6.45, 7) is 5.43. The highest BCUT2D eigenvalue weighted by Crippen LogP contribution is 1.87. The van der Waals surface area contributed by atoms with Gasteiger partial charge in [-0.15, -0.1) is 6.58 Å². The van der Waals surface area contributed by atoms with Crippen molar-refractivity contribution in [2.75, 3.05) is 5.75 Å². The summed E-state index contributed by atoms with van der Waals surface area (Å²) >= 11 is 4.88. The summed E-state index contributed by atoms with van der Waals surface area (Å²) in [6, 6.07) is 0. The normalized spacial score (nSPS) is 13.4. The third kappa shape index (κ3) is 5.73. The molecule has 52 valence electrons. The van der Waals surface area contributed by atoms with Crippen LogP contribution < -0.4 is 0 Å². The van der Waals surface area contributed by atoms with Crippen molar-refractivity contribution in [2.45, 2.75) is 6.92 Å². The Balaban J connectivity index is 3.38. The minimum atomic E-state index is -0.391. The van der Waals surface area contributed by atoms with Crippen LogP contribution in [0.15, 0.2) is 25.0 Å². The van der Waals surface area contributed by atoms with Gasteiger partial charge < -0.3 is 4.18 Å². The topological polar surface area (TPSA) is 9.23 Å². The molecule has 1 atom stereocenters. The van der Waals surface area contributed by atoms with Gasteiger partial charge in [0.2, 0.25) is 0 Å². The fraction of sp³-hybridized carbons (Fsp3) is 0.333. The van der Waals surface area contributed by atoms with Crippen molar-refractivity contribution < 1.29 is 4.18 Å². The second-order valence-corrected chi connectivity index (χ2v) is 3.57. The SMILES string of the molecule is C=CCS(=S)O/C=C/C. The Bertz CT molecular complexity index is 129. The molecule has 0 aromatic rings. The molecule has 0 fully saturated rings. The quantitative estimate of drug-likeness (QED) is 0.460. The van der Waals surface area contributed by atoms with Crippen LogP contribution in [-0.2, 0) is 25.1 Å². The summed E-state index contributed by atoms with van der Waals surface area (Å²) in [5.41, 5.74) is 0. The van der Waals surface area contributed by atoms with Crippen molar-refractivity contribution in [3.8, 4) is 0 Å². The van der Waals surface area contributed by atoms with E-state index in [0.29, 0.717) is 0 Å². The van der Waals surface area contributed by atoms with E-state index in [-0.39, 0.29) is 0 Å². The summed E-state index contributed by atoms with van der Waals surface area (Å²) in [5, 5.41) is 0. The van der Waals surface area contributed by atoms with Gasteiger partial charge in [-0.25, -0.2) is 0 Å². The Morgan fingerprint density at radius 3 is 2.89 bits per heavy atom. The maximum Gasteiger partial charge on any atom is 0.0970 e. The lowest BCUT2D eigenvalue weighted by atomic mass is 10.8. The van der Waals surface area contributed by atoms with Crippen molar-refractivity contribution in [1.82, 2.24) is 0 Å². The molecule has 0 radical (unpaired) electrons. The first-order valence-electron chi connectivity index (χ1n) is 2.58. The Morgan fingerprint density at radius 2 is 2.44 bits per heavy atom. The first kappa shape index (κ1) is 8.85.